The number of benzene rings is 1. The van der Waals surface area contributed by atoms with Gasteiger partial charge in [-0.1, -0.05) is 0 Å². The van der Waals surface area contributed by atoms with E-state index in [0.717, 1.165) is 6.07 Å². The molecule has 1 N–H and O–H groups in total. The van der Waals surface area contributed by atoms with Gasteiger partial charge in [-0.3, -0.25) is 20.2 Å². The van der Waals surface area contributed by atoms with Gasteiger partial charge in [0.05, 0.1) is 15.9 Å². The van der Waals surface area contributed by atoms with Crippen molar-refractivity contribution in [1.82, 2.24) is 4.90 Å². The molecule has 8 heteroatoms. The van der Waals surface area contributed by atoms with Gasteiger partial charge in [0.2, 0.25) is 0 Å². The van der Waals surface area contributed by atoms with E-state index in [0.29, 0.717) is 6.54 Å². The van der Waals surface area contributed by atoms with Crippen molar-refractivity contribution in [2.75, 3.05) is 26.0 Å². The number of hydrogen-bond acceptors (Lipinski definition) is 6. The minimum Gasteiger partial charge on any atom is -0.376 e. The number of anilines is 1. The van der Waals surface area contributed by atoms with Crippen LogP contribution in [-0.2, 0) is 0 Å². The molecule has 19 heavy (non-hydrogen) atoms. The Morgan fingerprint density at radius 1 is 1.26 bits per heavy atom. The molecule has 0 aromatic heterocycles. The smallest absolute Gasteiger partial charge is 0.299 e. The van der Waals surface area contributed by atoms with Crippen LogP contribution in [0, 0.1) is 20.2 Å². The molecule has 0 bridgehead atoms. The summed E-state index contributed by atoms with van der Waals surface area (Å²) >= 11 is 0. The third-order valence-corrected chi connectivity index (χ3v) is 2.43. The third kappa shape index (κ3) is 4.18. The topological polar surface area (TPSA) is 102 Å². The van der Waals surface area contributed by atoms with Crippen molar-refractivity contribution in [3.05, 3.63) is 38.4 Å². The Bertz CT molecular complexity index is 490. The normalized spacial score (nSPS) is 12.2. The second-order valence-corrected chi connectivity index (χ2v) is 4.52. The number of rotatable bonds is 6. The van der Waals surface area contributed by atoms with Crippen molar-refractivity contribution < 1.29 is 9.85 Å². The molecule has 1 unspecified atom stereocenters. The first-order valence-corrected chi connectivity index (χ1v) is 5.65. The van der Waals surface area contributed by atoms with Gasteiger partial charge in [-0.15, -0.1) is 0 Å². The highest BCUT2D eigenvalue weighted by Gasteiger charge is 2.20. The number of non-ortho nitro benzene ring substituents is 1. The molecule has 0 fully saturated rings. The van der Waals surface area contributed by atoms with E-state index in [9.17, 15) is 20.2 Å². The summed E-state index contributed by atoms with van der Waals surface area (Å²) in [5.41, 5.74) is -0.303. The SMILES string of the molecule is CC(CN(C)C)Nc1ccc([N+](=O)[O-])cc1[N+](=O)[O-]. The third-order valence-electron chi connectivity index (χ3n) is 2.43. The molecule has 0 saturated carbocycles. The maximum Gasteiger partial charge on any atom is 0.299 e. The van der Waals surface area contributed by atoms with Crippen LogP contribution in [0.1, 0.15) is 6.92 Å². The van der Waals surface area contributed by atoms with Gasteiger partial charge >= 0.3 is 0 Å². The van der Waals surface area contributed by atoms with Crippen LogP contribution >= 0.6 is 0 Å². The van der Waals surface area contributed by atoms with Gasteiger partial charge in [-0.2, -0.15) is 0 Å². The Balaban J connectivity index is 3.00. The Kier molecular flexibility index (Phi) is 4.76. The van der Waals surface area contributed by atoms with E-state index < -0.39 is 9.85 Å². The summed E-state index contributed by atoms with van der Waals surface area (Å²) in [7, 11) is 3.78. The molecule has 0 aliphatic heterocycles. The van der Waals surface area contributed by atoms with Gasteiger partial charge in [-0.25, -0.2) is 0 Å². The second-order valence-electron chi connectivity index (χ2n) is 4.52. The van der Waals surface area contributed by atoms with E-state index in [1.807, 2.05) is 25.9 Å². The first kappa shape index (κ1) is 14.8. The molecular formula is C11H16N4O4. The Morgan fingerprint density at radius 3 is 2.37 bits per heavy atom. The maximum atomic E-state index is 10.9. The number of hydrogen-bond donors (Lipinski definition) is 1. The molecule has 8 nitrogen and oxygen atoms in total. The zero-order valence-corrected chi connectivity index (χ0v) is 11.0. The lowest BCUT2D eigenvalue weighted by Crippen LogP contribution is -2.29. The van der Waals surface area contributed by atoms with Gasteiger partial charge in [-0.05, 0) is 27.1 Å². The molecule has 0 saturated heterocycles. The lowest BCUT2D eigenvalue weighted by Gasteiger charge is -2.19. The van der Waals surface area contributed by atoms with Crippen LogP contribution in [0.4, 0.5) is 17.1 Å². The summed E-state index contributed by atoms with van der Waals surface area (Å²) in [6, 6.07) is 3.56. The van der Waals surface area contributed by atoms with Gasteiger partial charge in [0.1, 0.15) is 5.69 Å². The molecule has 1 rings (SSSR count). The first-order chi connectivity index (χ1) is 8.81. The summed E-state index contributed by atoms with van der Waals surface area (Å²) in [4.78, 5) is 22.2. The van der Waals surface area contributed by atoms with Gasteiger partial charge in [0.15, 0.2) is 0 Å². The number of nitro groups is 2. The monoisotopic (exact) mass is 268 g/mol. The molecule has 1 atom stereocenters. The van der Waals surface area contributed by atoms with Crippen LogP contribution in [0.2, 0.25) is 0 Å². The molecule has 0 aliphatic rings. The molecule has 0 radical (unpaired) electrons. The lowest BCUT2D eigenvalue weighted by molar-refractivity contribution is -0.393. The summed E-state index contributed by atoms with van der Waals surface area (Å²) in [6.45, 7) is 2.57. The van der Waals surface area contributed by atoms with Crippen molar-refractivity contribution in [3.63, 3.8) is 0 Å². The van der Waals surface area contributed by atoms with Crippen molar-refractivity contribution in [3.8, 4) is 0 Å². The predicted octanol–water partition coefficient (Wildman–Crippen LogP) is 1.86. The van der Waals surface area contributed by atoms with E-state index >= 15 is 0 Å². The van der Waals surface area contributed by atoms with E-state index in [1.165, 1.54) is 12.1 Å². The highest BCUT2D eigenvalue weighted by Crippen LogP contribution is 2.29. The number of nitrogens with one attached hydrogen (secondary N) is 1. The highest BCUT2D eigenvalue weighted by molar-refractivity contribution is 5.65. The quantitative estimate of drug-likeness (QED) is 0.624. The van der Waals surface area contributed by atoms with Crippen molar-refractivity contribution in [1.29, 1.82) is 0 Å². The van der Waals surface area contributed by atoms with Crippen LogP contribution in [0.3, 0.4) is 0 Å². The average Bonchev–Trinajstić information content (AvgIpc) is 2.27. The Hall–Kier alpha value is -2.22. The molecule has 104 valence electrons. The minimum absolute atomic E-state index is 0.0184. The fourth-order valence-electron chi connectivity index (χ4n) is 1.77. The van der Waals surface area contributed by atoms with E-state index in [4.69, 9.17) is 0 Å². The van der Waals surface area contributed by atoms with Gasteiger partial charge in [0.25, 0.3) is 11.4 Å². The van der Waals surface area contributed by atoms with E-state index in [2.05, 4.69) is 5.32 Å². The Labute approximate surface area is 110 Å². The molecule has 1 aromatic carbocycles. The highest BCUT2D eigenvalue weighted by atomic mass is 16.6. The maximum absolute atomic E-state index is 10.9. The van der Waals surface area contributed by atoms with Gasteiger partial charge < -0.3 is 10.2 Å². The van der Waals surface area contributed by atoms with Crippen molar-refractivity contribution in [2.24, 2.45) is 0 Å². The van der Waals surface area contributed by atoms with Gasteiger partial charge in [0, 0.05) is 18.7 Å². The van der Waals surface area contributed by atoms with E-state index in [-0.39, 0.29) is 23.1 Å². The summed E-state index contributed by atoms with van der Waals surface area (Å²) in [6.07, 6.45) is 0. The number of nitro benzene ring substituents is 2. The molecule has 0 heterocycles. The summed E-state index contributed by atoms with van der Waals surface area (Å²) < 4.78 is 0. The van der Waals surface area contributed by atoms with Crippen LogP contribution < -0.4 is 5.32 Å². The molecule has 0 spiro atoms. The standard InChI is InChI=1S/C11H16N4O4/c1-8(7-13(2)3)12-10-5-4-9(14(16)17)6-11(10)15(18)19/h4-6,8,12H,7H2,1-3H3. The number of nitrogens with zero attached hydrogens (tertiary/aromatic N) is 3. The Morgan fingerprint density at radius 2 is 1.89 bits per heavy atom. The summed E-state index contributed by atoms with van der Waals surface area (Å²) in [5, 5.41) is 24.5. The molecule has 0 amide bonds. The second kappa shape index (κ2) is 6.10. The van der Waals surface area contributed by atoms with Crippen molar-refractivity contribution in [2.45, 2.75) is 13.0 Å². The zero-order chi connectivity index (χ0) is 14.6. The fraction of sp³-hybridized carbons (Fsp3) is 0.455. The first-order valence-electron chi connectivity index (χ1n) is 5.65. The van der Waals surface area contributed by atoms with E-state index in [1.54, 1.807) is 0 Å². The molecule has 1 aromatic rings. The lowest BCUT2D eigenvalue weighted by atomic mass is 10.2. The molecule has 0 aliphatic carbocycles. The zero-order valence-electron chi connectivity index (χ0n) is 11.0. The number of likely N-dealkylation sites (N-methyl/N-ethyl adjacent to an activating group) is 1. The minimum atomic E-state index is -0.653. The largest absolute Gasteiger partial charge is 0.376 e. The van der Waals surface area contributed by atoms with Crippen LogP contribution in [-0.4, -0.2) is 41.4 Å². The average molecular weight is 268 g/mol. The fourth-order valence-corrected chi connectivity index (χ4v) is 1.77. The molecular weight excluding hydrogens is 252 g/mol. The summed E-state index contributed by atoms with van der Waals surface area (Å²) in [5.74, 6) is 0. The van der Waals surface area contributed by atoms with Crippen LogP contribution in [0.15, 0.2) is 18.2 Å². The van der Waals surface area contributed by atoms with Crippen LogP contribution in [0.5, 0.6) is 0 Å². The predicted molar refractivity (Wildman–Crippen MR) is 71.4 cm³/mol. The van der Waals surface area contributed by atoms with Crippen LogP contribution in [0.25, 0.3) is 0 Å². The van der Waals surface area contributed by atoms with Crippen molar-refractivity contribution >= 4 is 17.1 Å².